The SMILES string of the molecule is C=C(C)C(=O)OC1(c2ccsc2)CCCc2cccc(F)c21. The van der Waals surface area contributed by atoms with Crippen molar-refractivity contribution < 1.29 is 13.9 Å². The molecule has 3 rings (SSSR count). The minimum atomic E-state index is -1.05. The summed E-state index contributed by atoms with van der Waals surface area (Å²) in [6.45, 7) is 5.25. The Balaban J connectivity index is 2.21. The van der Waals surface area contributed by atoms with E-state index in [0.29, 0.717) is 17.6 Å². The predicted molar refractivity (Wildman–Crippen MR) is 85.3 cm³/mol. The van der Waals surface area contributed by atoms with E-state index < -0.39 is 11.6 Å². The number of rotatable bonds is 3. The zero-order valence-corrected chi connectivity index (χ0v) is 13.2. The van der Waals surface area contributed by atoms with E-state index in [9.17, 15) is 9.18 Å². The second kappa shape index (κ2) is 5.69. The zero-order valence-electron chi connectivity index (χ0n) is 12.4. The highest BCUT2D eigenvalue weighted by atomic mass is 32.1. The topological polar surface area (TPSA) is 26.3 Å². The molecule has 0 amide bonds. The third kappa shape index (κ3) is 2.37. The molecule has 1 atom stereocenters. The van der Waals surface area contributed by atoms with Crippen LogP contribution in [-0.4, -0.2) is 5.97 Å². The van der Waals surface area contributed by atoms with Gasteiger partial charge in [0.1, 0.15) is 5.82 Å². The van der Waals surface area contributed by atoms with Crippen LogP contribution in [0.3, 0.4) is 0 Å². The normalized spacial score (nSPS) is 20.3. The number of ether oxygens (including phenoxy) is 1. The predicted octanol–water partition coefficient (Wildman–Crippen LogP) is 4.59. The number of thiophene rings is 1. The van der Waals surface area contributed by atoms with Gasteiger partial charge in [-0.05, 0) is 54.6 Å². The van der Waals surface area contributed by atoms with Crippen LogP contribution in [0.1, 0.15) is 36.5 Å². The van der Waals surface area contributed by atoms with E-state index in [1.54, 1.807) is 13.0 Å². The number of carbonyl (C=O) groups excluding carboxylic acids is 1. The first-order chi connectivity index (χ1) is 10.5. The first-order valence-electron chi connectivity index (χ1n) is 7.24. The highest BCUT2D eigenvalue weighted by Gasteiger charge is 2.44. The van der Waals surface area contributed by atoms with Crippen molar-refractivity contribution in [1.82, 2.24) is 0 Å². The Kier molecular flexibility index (Phi) is 3.87. The van der Waals surface area contributed by atoms with Crippen molar-refractivity contribution in [2.45, 2.75) is 31.8 Å². The minimum absolute atomic E-state index is 0.318. The molecule has 114 valence electrons. The molecule has 0 aliphatic heterocycles. The molecule has 1 aromatic carbocycles. The molecule has 0 saturated heterocycles. The summed E-state index contributed by atoms with van der Waals surface area (Å²) in [6.07, 6.45) is 2.22. The van der Waals surface area contributed by atoms with E-state index in [-0.39, 0.29) is 5.82 Å². The van der Waals surface area contributed by atoms with Gasteiger partial charge in [-0.2, -0.15) is 11.3 Å². The molecule has 0 bridgehead atoms. The van der Waals surface area contributed by atoms with Gasteiger partial charge in [0.05, 0.1) is 0 Å². The van der Waals surface area contributed by atoms with Gasteiger partial charge < -0.3 is 4.74 Å². The zero-order chi connectivity index (χ0) is 15.7. The Bertz CT molecular complexity index is 721. The molecule has 1 aromatic heterocycles. The van der Waals surface area contributed by atoms with E-state index in [0.717, 1.165) is 24.0 Å². The van der Waals surface area contributed by atoms with Crippen molar-refractivity contribution in [1.29, 1.82) is 0 Å². The molecule has 1 heterocycles. The van der Waals surface area contributed by atoms with E-state index >= 15 is 0 Å². The van der Waals surface area contributed by atoms with Gasteiger partial charge in [-0.25, -0.2) is 9.18 Å². The van der Waals surface area contributed by atoms with Crippen LogP contribution < -0.4 is 0 Å². The van der Waals surface area contributed by atoms with Crippen LogP contribution >= 0.6 is 11.3 Å². The third-order valence-corrected chi connectivity index (χ3v) is 4.76. The molecule has 4 heteroatoms. The second-order valence-corrected chi connectivity index (χ2v) is 6.42. The lowest BCUT2D eigenvalue weighted by Crippen LogP contribution is -2.38. The fourth-order valence-corrected chi connectivity index (χ4v) is 3.79. The molecule has 0 saturated carbocycles. The highest BCUT2D eigenvalue weighted by Crippen LogP contribution is 2.45. The average molecular weight is 316 g/mol. The number of hydrogen-bond acceptors (Lipinski definition) is 3. The molecular formula is C18H17FO2S. The number of benzene rings is 1. The maximum absolute atomic E-state index is 14.6. The van der Waals surface area contributed by atoms with Gasteiger partial charge >= 0.3 is 5.97 Å². The van der Waals surface area contributed by atoms with Crippen molar-refractivity contribution in [2.75, 3.05) is 0 Å². The summed E-state index contributed by atoms with van der Waals surface area (Å²) in [5.74, 6) is -0.805. The van der Waals surface area contributed by atoms with Crippen LogP contribution in [-0.2, 0) is 21.6 Å². The molecule has 2 nitrogen and oxygen atoms in total. The molecule has 22 heavy (non-hydrogen) atoms. The Hall–Kier alpha value is -1.94. The van der Waals surface area contributed by atoms with E-state index in [1.165, 1.54) is 17.4 Å². The number of hydrogen-bond donors (Lipinski definition) is 0. The summed E-state index contributed by atoms with van der Waals surface area (Å²) in [5, 5.41) is 3.84. The van der Waals surface area contributed by atoms with Crippen molar-refractivity contribution in [3.63, 3.8) is 0 Å². The lowest BCUT2D eigenvalue weighted by molar-refractivity contribution is -0.153. The van der Waals surface area contributed by atoms with Crippen molar-refractivity contribution in [3.05, 3.63) is 69.7 Å². The van der Waals surface area contributed by atoms with E-state index in [1.807, 2.05) is 22.9 Å². The Labute approximate surface area is 133 Å². The maximum atomic E-state index is 14.6. The van der Waals surface area contributed by atoms with Gasteiger partial charge in [-0.3, -0.25) is 0 Å². The molecule has 1 aliphatic carbocycles. The molecule has 2 aromatic rings. The number of esters is 1. The number of carbonyl (C=O) groups is 1. The second-order valence-electron chi connectivity index (χ2n) is 5.64. The fourth-order valence-electron chi connectivity index (χ4n) is 3.07. The molecule has 1 unspecified atom stereocenters. The van der Waals surface area contributed by atoms with Crippen molar-refractivity contribution in [3.8, 4) is 0 Å². The lowest BCUT2D eigenvalue weighted by atomic mass is 9.75. The monoisotopic (exact) mass is 316 g/mol. The fraction of sp³-hybridized carbons (Fsp3) is 0.278. The number of fused-ring (bicyclic) bond motifs is 1. The summed E-state index contributed by atoms with van der Waals surface area (Å²) in [6, 6.07) is 6.95. The highest BCUT2D eigenvalue weighted by molar-refractivity contribution is 7.08. The van der Waals surface area contributed by atoms with Crippen LogP contribution in [0.25, 0.3) is 0 Å². The van der Waals surface area contributed by atoms with Gasteiger partial charge in [0.2, 0.25) is 0 Å². The van der Waals surface area contributed by atoms with Crippen LogP contribution in [0.5, 0.6) is 0 Å². The number of halogens is 1. The smallest absolute Gasteiger partial charge is 0.334 e. The van der Waals surface area contributed by atoms with Crippen molar-refractivity contribution in [2.24, 2.45) is 0 Å². The Morgan fingerprint density at radius 2 is 2.23 bits per heavy atom. The van der Waals surface area contributed by atoms with Crippen LogP contribution in [0.4, 0.5) is 4.39 Å². The summed E-state index contributed by atoms with van der Waals surface area (Å²) in [4.78, 5) is 12.2. The van der Waals surface area contributed by atoms with Crippen LogP contribution in [0, 0.1) is 5.82 Å². The Morgan fingerprint density at radius 3 is 2.91 bits per heavy atom. The molecule has 0 spiro atoms. The summed E-state index contributed by atoms with van der Waals surface area (Å²) in [5.41, 5.74) is 1.51. The molecule has 0 fully saturated rings. The molecule has 1 aliphatic rings. The lowest BCUT2D eigenvalue weighted by Gasteiger charge is -2.38. The summed E-state index contributed by atoms with van der Waals surface area (Å²) >= 11 is 1.51. The van der Waals surface area contributed by atoms with Crippen molar-refractivity contribution >= 4 is 17.3 Å². The van der Waals surface area contributed by atoms with Crippen LogP contribution in [0.2, 0.25) is 0 Å². The maximum Gasteiger partial charge on any atom is 0.334 e. The molecule has 0 radical (unpaired) electrons. The molecule has 0 N–H and O–H groups in total. The van der Waals surface area contributed by atoms with Gasteiger partial charge in [-0.1, -0.05) is 18.7 Å². The summed E-state index contributed by atoms with van der Waals surface area (Å²) < 4.78 is 20.4. The first-order valence-corrected chi connectivity index (χ1v) is 8.18. The van der Waals surface area contributed by atoms with E-state index in [2.05, 4.69) is 6.58 Å². The van der Waals surface area contributed by atoms with Gasteiger partial charge in [0.25, 0.3) is 0 Å². The van der Waals surface area contributed by atoms with Gasteiger partial charge in [0, 0.05) is 16.7 Å². The van der Waals surface area contributed by atoms with Crippen LogP contribution in [0.15, 0.2) is 47.2 Å². The molecular weight excluding hydrogens is 299 g/mol. The quantitative estimate of drug-likeness (QED) is 0.612. The Morgan fingerprint density at radius 1 is 1.41 bits per heavy atom. The van der Waals surface area contributed by atoms with E-state index in [4.69, 9.17) is 4.74 Å². The van der Waals surface area contributed by atoms with Gasteiger partial charge in [-0.15, -0.1) is 0 Å². The average Bonchev–Trinajstić information content (AvgIpc) is 3.02. The largest absolute Gasteiger partial charge is 0.446 e. The van der Waals surface area contributed by atoms with Gasteiger partial charge in [0.15, 0.2) is 5.60 Å². The number of aryl methyl sites for hydroxylation is 1. The standard InChI is InChI=1S/C18H17FO2S/c1-12(2)17(20)21-18(14-8-10-22-11-14)9-4-6-13-5-3-7-15(19)16(13)18/h3,5,7-8,10-11H,1,4,6,9H2,2H3. The first kappa shape index (κ1) is 15.0. The minimum Gasteiger partial charge on any atom is -0.446 e. The third-order valence-electron chi connectivity index (χ3n) is 4.08. The summed E-state index contributed by atoms with van der Waals surface area (Å²) in [7, 11) is 0.